The average Bonchev–Trinajstić information content (AvgIpc) is 2.62. The quantitative estimate of drug-likeness (QED) is 0.815. The van der Waals surface area contributed by atoms with Gasteiger partial charge in [-0.1, -0.05) is 0 Å². The number of nitrogen functional groups attached to an aromatic ring is 1. The number of amides is 1. The second-order valence-corrected chi connectivity index (χ2v) is 3.34. The van der Waals surface area contributed by atoms with Crippen molar-refractivity contribution in [3.63, 3.8) is 0 Å². The van der Waals surface area contributed by atoms with E-state index in [1.807, 2.05) is 13.8 Å². The van der Waals surface area contributed by atoms with E-state index in [1.165, 1.54) is 10.9 Å². The molecule has 0 atom stereocenters. The number of aryl methyl sites for hydroxylation is 1. The molecule has 1 heterocycles. The predicted octanol–water partition coefficient (Wildman–Crippen LogP) is 0.917. The van der Waals surface area contributed by atoms with Crippen LogP contribution in [0.25, 0.3) is 0 Å². The van der Waals surface area contributed by atoms with Gasteiger partial charge in [-0.05, 0) is 13.8 Å². The molecule has 5 nitrogen and oxygen atoms in total. The van der Waals surface area contributed by atoms with Gasteiger partial charge in [-0.25, -0.2) is 4.39 Å². The van der Waals surface area contributed by atoms with Crippen molar-refractivity contribution in [2.75, 3.05) is 25.5 Å². The Balaban J connectivity index is 3.01. The number of nitrogens with two attached hydrogens (primary N) is 1. The van der Waals surface area contributed by atoms with Gasteiger partial charge >= 0.3 is 0 Å². The third kappa shape index (κ3) is 2.32. The largest absolute Gasteiger partial charge is 0.396 e. The number of aromatic nitrogens is 2. The molecular formula is C10H17FN4O. The van der Waals surface area contributed by atoms with E-state index < -0.39 is 6.67 Å². The normalized spacial score (nSPS) is 10.4. The molecule has 0 aliphatic rings. The number of rotatable bonds is 5. The predicted molar refractivity (Wildman–Crippen MR) is 59.9 cm³/mol. The summed E-state index contributed by atoms with van der Waals surface area (Å²) in [6.45, 7) is 4.44. The minimum absolute atomic E-state index is 0.0551. The number of carbonyl (C=O) groups is 1. The van der Waals surface area contributed by atoms with Crippen molar-refractivity contribution in [3.05, 3.63) is 11.9 Å². The van der Waals surface area contributed by atoms with Crippen molar-refractivity contribution in [1.29, 1.82) is 0 Å². The molecule has 0 spiro atoms. The van der Waals surface area contributed by atoms with E-state index in [9.17, 15) is 9.18 Å². The number of halogens is 1. The first-order chi connectivity index (χ1) is 7.65. The van der Waals surface area contributed by atoms with Crippen LogP contribution in [0.4, 0.5) is 10.1 Å². The van der Waals surface area contributed by atoms with Crippen LogP contribution in [0.5, 0.6) is 0 Å². The van der Waals surface area contributed by atoms with E-state index in [4.69, 9.17) is 5.73 Å². The standard InChI is InChI=1S/C10H17FN4O/c1-3-14(4-2)10(16)9-8(12)7-13-15(9)6-5-11/h7H,3-6,12H2,1-2H3. The highest BCUT2D eigenvalue weighted by Crippen LogP contribution is 2.13. The molecule has 6 heteroatoms. The highest BCUT2D eigenvalue weighted by molar-refractivity contribution is 5.97. The van der Waals surface area contributed by atoms with Crippen LogP contribution in [-0.2, 0) is 6.54 Å². The van der Waals surface area contributed by atoms with Crippen molar-refractivity contribution in [2.24, 2.45) is 0 Å². The summed E-state index contributed by atoms with van der Waals surface area (Å²) >= 11 is 0. The summed E-state index contributed by atoms with van der Waals surface area (Å²) in [4.78, 5) is 13.7. The van der Waals surface area contributed by atoms with Crippen molar-refractivity contribution in [2.45, 2.75) is 20.4 Å². The number of hydrogen-bond donors (Lipinski definition) is 1. The number of hydrogen-bond acceptors (Lipinski definition) is 3. The number of anilines is 1. The number of alkyl halides is 1. The highest BCUT2D eigenvalue weighted by Gasteiger charge is 2.20. The Kier molecular flexibility index (Phi) is 4.28. The van der Waals surface area contributed by atoms with Gasteiger partial charge in [-0.2, -0.15) is 5.10 Å². The Morgan fingerprint density at radius 2 is 2.19 bits per heavy atom. The lowest BCUT2D eigenvalue weighted by Crippen LogP contribution is -2.33. The molecule has 0 saturated heterocycles. The van der Waals surface area contributed by atoms with Crippen LogP contribution in [0, 0.1) is 0 Å². The van der Waals surface area contributed by atoms with Crippen LogP contribution < -0.4 is 5.73 Å². The van der Waals surface area contributed by atoms with Crippen LogP contribution in [0.15, 0.2) is 6.20 Å². The molecule has 90 valence electrons. The van der Waals surface area contributed by atoms with Crippen LogP contribution >= 0.6 is 0 Å². The SMILES string of the molecule is CCN(CC)C(=O)c1c(N)cnn1CCF. The fourth-order valence-electron chi connectivity index (χ4n) is 1.54. The summed E-state index contributed by atoms with van der Waals surface area (Å²) in [7, 11) is 0. The summed E-state index contributed by atoms with van der Waals surface area (Å²) in [5, 5.41) is 3.88. The molecule has 0 aliphatic heterocycles. The van der Waals surface area contributed by atoms with Gasteiger partial charge in [0, 0.05) is 13.1 Å². The summed E-state index contributed by atoms with van der Waals surface area (Å²) in [6.07, 6.45) is 1.38. The topological polar surface area (TPSA) is 64.2 Å². The third-order valence-corrected chi connectivity index (χ3v) is 2.42. The molecule has 0 aliphatic carbocycles. The van der Waals surface area contributed by atoms with Gasteiger partial charge in [0.05, 0.1) is 18.4 Å². The second-order valence-electron chi connectivity index (χ2n) is 3.34. The minimum atomic E-state index is -0.570. The first kappa shape index (κ1) is 12.5. The van der Waals surface area contributed by atoms with Crippen LogP contribution in [-0.4, -0.2) is 40.4 Å². The van der Waals surface area contributed by atoms with E-state index in [-0.39, 0.29) is 18.1 Å². The first-order valence-corrected chi connectivity index (χ1v) is 5.32. The van der Waals surface area contributed by atoms with Gasteiger partial charge in [0.15, 0.2) is 0 Å². The van der Waals surface area contributed by atoms with Crippen molar-refractivity contribution >= 4 is 11.6 Å². The molecule has 1 aromatic heterocycles. The highest BCUT2D eigenvalue weighted by atomic mass is 19.1. The van der Waals surface area contributed by atoms with Crippen LogP contribution in [0.1, 0.15) is 24.3 Å². The molecule has 1 aromatic rings. The summed E-state index contributed by atoms with van der Waals surface area (Å²) in [5.74, 6) is -0.201. The molecule has 1 rings (SSSR count). The maximum atomic E-state index is 12.3. The van der Waals surface area contributed by atoms with E-state index in [0.29, 0.717) is 18.8 Å². The zero-order valence-corrected chi connectivity index (χ0v) is 9.61. The molecule has 2 N–H and O–H groups in total. The lowest BCUT2D eigenvalue weighted by atomic mass is 10.3. The number of carbonyl (C=O) groups excluding carboxylic acids is 1. The van der Waals surface area contributed by atoms with Gasteiger partial charge in [0.25, 0.3) is 5.91 Å². The fourth-order valence-corrected chi connectivity index (χ4v) is 1.54. The molecule has 1 amide bonds. The molecule has 0 saturated carbocycles. The molecule has 0 aromatic carbocycles. The van der Waals surface area contributed by atoms with Gasteiger partial charge in [0.2, 0.25) is 0 Å². The molecular weight excluding hydrogens is 211 g/mol. The Hall–Kier alpha value is -1.59. The first-order valence-electron chi connectivity index (χ1n) is 5.32. The van der Waals surface area contributed by atoms with Gasteiger partial charge in [0.1, 0.15) is 12.4 Å². The maximum absolute atomic E-state index is 12.3. The Morgan fingerprint density at radius 3 is 2.69 bits per heavy atom. The lowest BCUT2D eigenvalue weighted by molar-refractivity contribution is 0.0761. The van der Waals surface area contributed by atoms with E-state index in [1.54, 1.807) is 4.90 Å². The molecule has 0 radical (unpaired) electrons. The van der Waals surface area contributed by atoms with Crippen LogP contribution in [0.2, 0.25) is 0 Å². The Morgan fingerprint density at radius 1 is 1.56 bits per heavy atom. The number of nitrogens with zero attached hydrogens (tertiary/aromatic N) is 3. The minimum Gasteiger partial charge on any atom is -0.396 e. The van der Waals surface area contributed by atoms with E-state index in [0.717, 1.165) is 0 Å². The second kappa shape index (κ2) is 5.48. The summed E-state index contributed by atoms with van der Waals surface area (Å²) in [5.41, 5.74) is 6.24. The van der Waals surface area contributed by atoms with Crippen molar-refractivity contribution in [1.82, 2.24) is 14.7 Å². The molecule has 0 unspecified atom stereocenters. The maximum Gasteiger partial charge on any atom is 0.274 e. The smallest absolute Gasteiger partial charge is 0.274 e. The monoisotopic (exact) mass is 228 g/mol. The zero-order chi connectivity index (χ0) is 12.1. The Labute approximate surface area is 94.0 Å². The summed E-state index contributed by atoms with van der Waals surface area (Å²) in [6, 6.07) is 0. The average molecular weight is 228 g/mol. The molecule has 0 fully saturated rings. The van der Waals surface area contributed by atoms with E-state index in [2.05, 4.69) is 5.10 Å². The van der Waals surface area contributed by atoms with Gasteiger partial charge in [-0.3, -0.25) is 9.48 Å². The zero-order valence-electron chi connectivity index (χ0n) is 9.61. The molecule has 0 bridgehead atoms. The van der Waals surface area contributed by atoms with E-state index >= 15 is 0 Å². The lowest BCUT2D eigenvalue weighted by Gasteiger charge is -2.19. The summed E-state index contributed by atoms with van der Waals surface area (Å²) < 4.78 is 13.6. The Bertz CT molecular complexity index is 360. The fraction of sp³-hybridized carbons (Fsp3) is 0.600. The van der Waals surface area contributed by atoms with Gasteiger partial charge in [-0.15, -0.1) is 0 Å². The van der Waals surface area contributed by atoms with Crippen LogP contribution in [0.3, 0.4) is 0 Å². The van der Waals surface area contributed by atoms with Crippen molar-refractivity contribution < 1.29 is 9.18 Å². The molecule has 16 heavy (non-hydrogen) atoms. The third-order valence-electron chi connectivity index (χ3n) is 2.42. The van der Waals surface area contributed by atoms with Gasteiger partial charge < -0.3 is 10.6 Å². The van der Waals surface area contributed by atoms with Crippen molar-refractivity contribution in [3.8, 4) is 0 Å².